The molecule has 0 radical (unpaired) electrons. The maximum atomic E-state index is 12.4. The minimum Gasteiger partial charge on any atom is -0.455 e. The maximum Gasteiger partial charge on any atom is 0.309 e. The Balaban J connectivity index is 1.38. The van der Waals surface area contributed by atoms with Gasteiger partial charge in [0.2, 0.25) is 5.91 Å². The summed E-state index contributed by atoms with van der Waals surface area (Å²) in [5, 5.41) is 2.83. The molecular weight excluding hydrogens is 392 g/mol. The van der Waals surface area contributed by atoms with E-state index in [4.69, 9.17) is 4.74 Å². The standard InChI is InChI=1S/C25H28N2O4/c1-19(21-10-6-3-7-11-21)26-23(28)18-31-25(30)22-14-16-27(17-15-22)24(29)13-12-20-8-4-2-5-9-20/h2-13,19,22H,14-18H2,1H3,(H,26,28)/b13-12+/t19-/m1/s1. The summed E-state index contributed by atoms with van der Waals surface area (Å²) in [6, 6.07) is 19.1. The van der Waals surface area contributed by atoms with Crippen molar-refractivity contribution in [3.05, 3.63) is 77.9 Å². The van der Waals surface area contributed by atoms with Gasteiger partial charge in [-0.25, -0.2) is 0 Å². The predicted octanol–water partition coefficient (Wildman–Crippen LogP) is 3.36. The molecule has 1 fully saturated rings. The summed E-state index contributed by atoms with van der Waals surface area (Å²) in [4.78, 5) is 38.5. The Morgan fingerprint density at radius 1 is 1.03 bits per heavy atom. The van der Waals surface area contributed by atoms with Crippen molar-refractivity contribution >= 4 is 23.9 Å². The molecule has 2 aromatic carbocycles. The fraction of sp³-hybridized carbons (Fsp3) is 0.320. The lowest BCUT2D eigenvalue weighted by molar-refractivity contribution is -0.154. The zero-order valence-electron chi connectivity index (χ0n) is 17.7. The number of rotatable bonds is 7. The molecule has 0 bridgehead atoms. The highest BCUT2D eigenvalue weighted by Crippen LogP contribution is 2.19. The van der Waals surface area contributed by atoms with Crippen LogP contribution in [0.1, 0.15) is 36.9 Å². The molecule has 2 aromatic rings. The Bertz CT molecular complexity index is 904. The summed E-state index contributed by atoms with van der Waals surface area (Å²) >= 11 is 0. The van der Waals surface area contributed by atoms with Crippen LogP contribution in [0.3, 0.4) is 0 Å². The third kappa shape index (κ3) is 6.81. The molecular formula is C25H28N2O4. The minimum absolute atomic E-state index is 0.0649. The monoisotopic (exact) mass is 420 g/mol. The molecule has 1 atom stereocenters. The molecule has 6 heteroatoms. The summed E-state index contributed by atoms with van der Waals surface area (Å²) in [6.07, 6.45) is 4.42. The van der Waals surface area contributed by atoms with E-state index in [1.807, 2.05) is 67.6 Å². The molecule has 1 aliphatic rings. The Morgan fingerprint density at radius 3 is 2.29 bits per heavy atom. The molecule has 0 saturated carbocycles. The normalized spacial score (nSPS) is 15.5. The van der Waals surface area contributed by atoms with Crippen LogP contribution in [0.15, 0.2) is 66.7 Å². The molecule has 0 aromatic heterocycles. The third-order valence-corrected chi connectivity index (χ3v) is 5.38. The number of carbonyl (C=O) groups excluding carboxylic acids is 3. The van der Waals surface area contributed by atoms with Gasteiger partial charge in [-0.3, -0.25) is 14.4 Å². The highest BCUT2D eigenvalue weighted by atomic mass is 16.5. The topological polar surface area (TPSA) is 75.7 Å². The van der Waals surface area contributed by atoms with Gasteiger partial charge >= 0.3 is 5.97 Å². The van der Waals surface area contributed by atoms with Gasteiger partial charge in [-0.15, -0.1) is 0 Å². The summed E-state index contributed by atoms with van der Waals surface area (Å²) in [6.45, 7) is 2.58. The average Bonchev–Trinajstić information content (AvgIpc) is 2.82. The van der Waals surface area contributed by atoms with Crippen LogP contribution in [-0.2, 0) is 19.1 Å². The van der Waals surface area contributed by atoms with Gasteiger partial charge in [0.1, 0.15) is 0 Å². The first-order chi connectivity index (χ1) is 15.0. The number of ether oxygens (including phenoxy) is 1. The van der Waals surface area contributed by atoms with E-state index < -0.39 is 0 Å². The van der Waals surface area contributed by atoms with Crippen LogP contribution in [0.25, 0.3) is 6.08 Å². The molecule has 2 amide bonds. The Morgan fingerprint density at radius 2 is 1.65 bits per heavy atom. The van der Waals surface area contributed by atoms with E-state index in [1.165, 1.54) is 0 Å². The van der Waals surface area contributed by atoms with Crippen LogP contribution < -0.4 is 5.32 Å². The fourth-order valence-electron chi connectivity index (χ4n) is 3.54. The van der Waals surface area contributed by atoms with Crippen LogP contribution in [0.5, 0.6) is 0 Å². The van der Waals surface area contributed by atoms with Crippen LogP contribution >= 0.6 is 0 Å². The van der Waals surface area contributed by atoms with Crippen LogP contribution in [0.4, 0.5) is 0 Å². The van der Waals surface area contributed by atoms with E-state index >= 15 is 0 Å². The Kier molecular flexibility index (Phi) is 7.98. The number of benzene rings is 2. The number of hydrogen-bond donors (Lipinski definition) is 1. The van der Waals surface area contributed by atoms with Gasteiger partial charge in [0.15, 0.2) is 6.61 Å². The zero-order valence-corrected chi connectivity index (χ0v) is 17.7. The lowest BCUT2D eigenvalue weighted by Crippen LogP contribution is -2.40. The van der Waals surface area contributed by atoms with E-state index in [-0.39, 0.29) is 36.4 Å². The largest absolute Gasteiger partial charge is 0.455 e. The van der Waals surface area contributed by atoms with E-state index in [0.29, 0.717) is 25.9 Å². The number of esters is 1. The number of carbonyl (C=O) groups is 3. The van der Waals surface area contributed by atoms with Crippen molar-refractivity contribution in [1.29, 1.82) is 0 Å². The lowest BCUT2D eigenvalue weighted by Gasteiger charge is -2.30. The molecule has 31 heavy (non-hydrogen) atoms. The minimum atomic E-state index is -0.380. The average molecular weight is 421 g/mol. The number of nitrogens with one attached hydrogen (secondary N) is 1. The molecule has 1 aliphatic heterocycles. The van der Waals surface area contributed by atoms with Gasteiger partial charge in [-0.1, -0.05) is 60.7 Å². The first-order valence-electron chi connectivity index (χ1n) is 10.6. The first kappa shape index (κ1) is 22.3. The van der Waals surface area contributed by atoms with Gasteiger partial charge in [0, 0.05) is 19.2 Å². The summed E-state index contributed by atoms with van der Waals surface area (Å²) < 4.78 is 5.21. The number of nitrogens with zero attached hydrogens (tertiary/aromatic N) is 1. The SMILES string of the molecule is C[C@@H](NC(=O)COC(=O)C1CCN(C(=O)/C=C/c2ccccc2)CC1)c1ccccc1. The van der Waals surface area contributed by atoms with Gasteiger partial charge in [-0.05, 0) is 37.0 Å². The van der Waals surface area contributed by atoms with Crippen molar-refractivity contribution in [1.82, 2.24) is 10.2 Å². The highest BCUT2D eigenvalue weighted by molar-refractivity contribution is 5.92. The van der Waals surface area contributed by atoms with E-state index in [2.05, 4.69) is 5.32 Å². The molecule has 0 aliphatic carbocycles. The van der Waals surface area contributed by atoms with Crippen molar-refractivity contribution in [2.75, 3.05) is 19.7 Å². The van der Waals surface area contributed by atoms with Gasteiger partial charge in [0.05, 0.1) is 12.0 Å². The Hall–Kier alpha value is -3.41. The molecule has 3 rings (SSSR count). The zero-order chi connectivity index (χ0) is 22.1. The quantitative estimate of drug-likeness (QED) is 0.551. The maximum absolute atomic E-state index is 12.4. The molecule has 1 N–H and O–H groups in total. The number of piperidine rings is 1. The Labute approximate surface area is 182 Å². The summed E-state index contributed by atoms with van der Waals surface area (Å²) in [5.41, 5.74) is 1.95. The van der Waals surface area contributed by atoms with Crippen LogP contribution in [0.2, 0.25) is 0 Å². The van der Waals surface area contributed by atoms with Crippen molar-refractivity contribution in [2.45, 2.75) is 25.8 Å². The van der Waals surface area contributed by atoms with E-state index in [9.17, 15) is 14.4 Å². The second-order valence-corrected chi connectivity index (χ2v) is 7.65. The van der Waals surface area contributed by atoms with Crippen LogP contribution in [-0.4, -0.2) is 42.4 Å². The van der Waals surface area contributed by atoms with Gasteiger partial charge in [0.25, 0.3) is 5.91 Å². The molecule has 0 spiro atoms. The first-order valence-corrected chi connectivity index (χ1v) is 10.6. The smallest absolute Gasteiger partial charge is 0.309 e. The fourth-order valence-corrected chi connectivity index (χ4v) is 3.54. The van der Waals surface area contributed by atoms with E-state index in [0.717, 1.165) is 11.1 Å². The van der Waals surface area contributed by atoms with Crippen molar-refractivity contribution in [3.63, 3.8) is 0 Å². The van der Waals surface area contributed by atoms with Gasteiger partial charge in [-0.2, -0.15) is 0 Å². The van der Waals surface area contributed by atoms with Crippen LogP contribution in [0, 0.1) is 5.92 Å². The lowest BCUT2D eigenvalue weighted by atomic mass is 9.97. The number of hydrogen-bond acceptors (Lipinski definition) is 4. The van der Waals surface area contributed by atoms with Crippen molar-refractivity contribution < 1.29 is 19.1 Å². The molecule has 6 nitrogen and oxygen atoms in total. The molecule has 162 valence electrons. The van der Waals surface area contributed by atoms with Gasteiger partial charge < -0.3 is 15.0 Å². The highest BCUT2D eigenvalue weighted by Gasteiger charge is 2.28. The van der Waals surface area contributed by atoms with Crippen molar-refractivity contribution in [3.8, 4) is 0 Å². The number of amides is 2. The predicted molar refractivity (Wildman–Crippen MR) is 119 cm³/mol. The van der Waals surface area contributed by atoms with E-state index in [1.54, 1.807) is 17.1 Å². The molecule has 1 heterocycles. The second kappa shape index (κ2) is 11.1. The number of likely N-dealkylation sites (tertiary alicyclic amines) is 1. The molecule has 0 unspecified atom stereocenters. The molecule has 1 saturated heterocycles. The second-order valence-electron chi connectivity index (χ2n) is 7.65. The summed E-state index contributed by atoms with van der Waals surface area (Å²) in [5.74, 6) is -1.07. The third-order valence-electron chi connectivity index (χ3n) is 5.38. The summed E-state index contributed by atoms with van der Waals surface area (Å²) in [7, 11) is 0. The van der Waals surface area contributed by atoms with Crippen molar-refractivity contribution in [2.24, 2.45) is 5.92 Å².